The molecule has 1 fully saturated rings. The van der Waals surface area contributed by atoms with Gasteiger partial charge in [0.15, 0.2) is 0 Å². The van der Waals surface area contributed by atoms with Crippen molar-refractivity contribution in [3.63, 3.8) is 0 Å². The van der Waals surface area contributed by atoms with Crippen LogP contribution in [-0.2, 0) is 6.42 Å². The van der Waals surface area contributed by atoms with Crippen LogP contribution in [0.15, 0.2) is 42.5 Å². The van der Waals surface area contributed by atoms with Crippen LogP contribution in [0.25, 0.3) is 0 Å². The van der Waals surface area contributed by atoms with Gasteiger partial charge in [-0.25, -0.2) is 4.79 Å². The Kier molecular flexibility index (Phi) is 6.45. The molecule has 2 aromatic rings. The lowest BCUT2D eigenvalue weighted by molar-refractivity contribution is 0.182. The Morgan fingerprint density at radius 1 is 1.11 bits per heavy atom. The van der Waals surface area contributed by atoms with Gasteiger partial charge in [-0.05, 0) is 36.8 Å². The van der Waals surface area contributed by atoms with Crippen molar-refractivity contribution < 1.29 is 14.3 Å². The van der Waals surface area contributed by atoms with E-state index in [9.17, 15) is 4.79 Å². The summed E-state index contributed by atoms with van der Waals surface area (Å²) in [6.07, 6.45) is 3.07. The van der Waals surface area contributed by atoms with Gasteiger partial charge in [0.25, 0.3) is 0 Å². The molecule has 6 heteroatoms. The van der Waals surface area contributed by atoms with Crippen molar-refractivity contribution in [1.82, 2.24) is 4.90 Å². The van der Waals surface area contributed by atoms with Crippen LogP contribution in [-0.4, -0.2) is 38.2 Å². The first kappa shape index (κ1) is 19.4. The number of halogens is 1. The number of hydrogen-bond acceptors (Lipinski definition) is 3. The number of carbonyl (C=O) groups excluding carboxylic acids is 1. The fourth-order valence-corrected chi connectivity index (χ4v) is 3.68. The number of likely N-dealkylation sites (tertiary alicyclic amines) is 1. The van der Waals surface area contributed by atoms with Crippen molar-refractivity contribution in [3.05, 3.63) is 53.1 Å². The predicted octanol–water partition coefficient (Wildman–Crippen LogP) is 4.84. The molecule has 1 saturated heterocycles. The van der Waals surface area contributed by atoms with Crippen LogP contribution in [0, 0.1) is 5.92 Å². The molecule has 1 heterocycles. The number of nitrogens with one attached hydrogen (secondary N) is 1. The third-order valence-corrected chi connectivity index (χ3v) is 5.28. The Morgan fingerprint density at radius 2 is 1.78 bits per heavy atom. The van der Waals surface area contributed by atoms with Gasteiger partial charge in [-0.15, -0.1) is 0 Å². The third-order valence-electron chi connectivity index (χ3n) is 4.98. The van der Waals surface area contributed by atoms with Crippen LogP contribution in [0.1, 0.15) is 18.4 Å². The van der Waals surface area contributed by atoms with E-state index in [1.807, 2.05) is 11.0 Å². The van der Waals surface area contributed by atoms with Crippen molar-refractivity contribution in [3.8, 4) is 11.5 Å². The van der Waals surface area contributed by atoms with Crippen molar-refractivity contribution >= 4 is 23.3 Å². The summed E-state index contributed by atoms with van der Waals surface area (Å²) in [4.78, 5) is 14.5. The lowest BCUT2D eigenvalue weighted by Gasteiger charge is -2.32. The molecule has 3 rings (SSSR count). The topological polar surface area (TPSA) is 50.8 Å². The Balaban J connectivity index is 1.57. The molecule has 0 bridgehead atoms. The molecule has 0 aliphatic carbocycles. The third kappa shape index (κ3) is 4.86. The largest absolute Gasteiger partial charge is 0.495 e. The quantitative estimate of drug-likeness (QED) is 0.797. The number of methoxy groups -OCH3 is 2. The highest BCUT2D eigenvalue weighted by molar-refractivity contribution is 6.32. The standard InChI is InChI=1S/C21H25ClN2O3/c1-26-19-14-20(27-2)18(13-17(19)22)23-21(25)24-10-8-16(9-11-24)12-15-6-4-3-5-7-15/h3-7,13-14,16H,8-12H2,1-2H3,(H,23,25). The number of urea groups is 1. The van der Waals surface area contributed by atoms with Crippen LogP contribution >= 0.6 is 11.6 Å². The van der Waals surface area contributed by atoms with Crippen molar-refractivity contribution in [1.29, 1.82) is 0 Å². The number of benzene rings is 2. The molecular formula is C21H25ClN2O3. The SMILES string of the molecule is COc1cc(OC)c(NC(=O)N2CCC(Cc3ccccc3)CC2)cc1Cl. The van der Waals surface area contributed by atoms with E-state index in [4.69, 9.17) is 21.1 Å². The normalized spacial score (nSPS) is 14.7. The van der Waals surface area contributed by atoms with E-state index in [1.165, 1.54) is 5.56 Å². The first-order valence-corrected chi connectivity index (χ1v) is 9.50. The van der Waals surface area contributed by atoms with Crippen LogP contribution in [0.5, 0.6) is 11.5 Å². The van der Waals surface area contributed by atoms with Gasteiger partial charge in [-0.3, -0.25) is 0 Å². The molecule has 0 unspecified atom stereocenters. The van der Waals surface area contributed by atoms with E-state index in [1.54, 1.807) is 26.4 Å². The molecule has 1 aliphatic heterocycles. The molecule has 0 aromatic heterocycles. The van der Waals surface area contributed by atoms with Gasteiger partial charge < -0.3 is 19.7 Å². The molecule has 0 spiro atoms. The summed E-state index contributed by atoms with van der Waals surface area (Å²) in [7, 11) is 3.09. The minimum Gasteiger partial charge on any atom is -0.495 e. The highest BCUT2D eigenvalue weighted by Crippen LogP contribution is 2.36. The molecule has 1 aliphatic rings. The molecule has 2 aromatic carbocycles. The molecule has 0 saturated carbocycles. The van der Waals surface area contributed by atoms with E-state index >= 15 is 0 Å². The molecule has 2 amide bonds. The molecule has 0 radical (unpaired) electrons. The minimum atomic E-state index is -0.132. The van der Waals surface area contributed by atoms with Crippen LogP contribution < -0.4 is 14.8 Å². The zero-order valence-electron chi connectivity index (χ0n) is 15.7. The average molecular weight is 389 g/mol. The number of carbonyl (C=O) groups is 1. The van der Waals surface area contributed by atoms with E-state index < -0.39 is 0 Å². The number of piperidine rings is 1. The average Bonchev–Trinajstić information content (AvgIpc) is 2.69. The second-order valence-corrected chi connectivity index (χ2v) is 7.14. The van der Waals surface area contributed by atoms with Gasteiger partial charge in [-0.2, -0.15) is 0 Å². The van der Waals surface area contributed by atoms with Crippen molar-refractivity contribution in [2.45, 2.75) is 19.3 Å². The molecule has 144 valence electrons. The lowest BCUT2D eigenvalue weighted by Crippen LogP contribution is -2.41. The van der Waals surface area contributed by atoms with Crippen molar-refractivity contribution in [2.75, 3.05) is 32.6 Å². The van der Waals surface area contributed by atoms with Crippen LogP contribution in [0.4, 0.5) is 10.5 Å². The Hall–Kier alpha value is -2.40. The van der Waals surface area contributed by atoms with Gasteiger partial charge in [0.05, 0.1) is 24.9 Å². The van der Waals surface area contributed by atoms with Crippen molar-refractivity contribution in [2.24, 2.45) is 5.92 Å². The fraction of sp³-hybridized carbons (Fsp3) is 0.381. The zero-order chi connectivity index (χ0) is 19.2. The Labute approximate surface area is 165 Å². The fourth-order valence-electron chi connectivity index (χ4n) is 3.44. The summed E-state index contributed by atoms with van der Waals surface area (Å²) in [5, 5.41) is 3.34. The van der Waals surface area contributed by atoms with E-state index in [2.05, 4.69) is 29.6 Å². The monoisotopic (exact) mass is 388 g/mol. The Bertz CT molecular complexity index is 774. The van der Waals surface area contributed by atoms with E-state index in [-0.39, 0.29) is 6.03 Å². The molecule has 5 nitrogen and oxygen atoms in total. The van der Waals surface area contributed by atoms with Gasteiger partial charge in [0.2, 0.25) is 0 Å². The number of ether oxygens (including phenoxy) is 2. The molecule has 27 heavy (non-hydrogen) atoms. The maximum Gasteiger partial charge on any atom is 0.321 e. The van der Waals surface area contributed by atoms with Gasteiger partial charge in [0, 0.05) is 19.2 Å². The van der Waals surface area contributed by atoms with E-state index in [0.29, 0.717) is 28.1 Å². The minimum absolute atomic E-state index is 0.132. The summed E-state index contributed by atoms with van der Waals surface area (Å²) in [5.41, 5.74) is 1.90. The van der Waals surface area contributed by atoms with Crippen LogP contribution in [0.3, 0.4) is 0 Å². The molecule has 0 atom stereocenters. The Morgan fingerprint density at radius 3 is 2.41 bits per heavy atom. The number of anilines is 1. The molecular weight excluding hydrogens is 364 g/mol. The lowest BCUT2D eigenvalue weighted by atomic mass is 9.90. The maximum atomic E-state index is 12.7. The first-order valence-electron chi connectivity index (χ1n) is 9.12. The second kappa shape index (κ2) is 9.00. The first-order chi connectivity index (χ1) is 13.1. The number of amides is 2. The number of rotatable bonds is 5. The number of hydrogen-bond donors (Lipinski definition) is 1. The van der Waals surface area contributed by atoms with Gasteiger partial charge in [-0.1, -0.05) is 41.9 Å². The highest BCUT2D eigenvalue weighted by Gasteiger charge is 2.24. The predicted molar refractivity (Wildman–Crippen MR) is 108 cm³/mol. The second-order valence-electron chi connectivity index (χ2n) is 6.74. The maximum absolute atomic E-state index is 12.7. The smallest absolute Gasteiger partial charge is 0.321 e. The summed E-state index contributed by atoms with van der Waals surface area (Å²) < 4.78 is 10.5. The van der Waals surface area contributed by atoms with Crippen LogP contribution in [0.2, 0.25) is 5.02 Å². The van der Waals surface area contributed by atoms with Gasteiger partial charge in [0.1, 0.15) is 11.5 Å². The summed E-state index contributed by atoms with van der Waals surface area (Å²) in [5.74, 6) is 1.64. The summed E-state index contributed by atoms with van der Waals surface area (Å²) in [6, 6.07) is 13.7. The zero-order valence-corrected chi connectivity index (χ0v) is 16.5. The number of nitrogens with zero attached hydrogens (tertiary/aromatic N) is 1. The molecule has 1 N–H and O–H groups in total. The highest BCUT2D eigenvalue weighted by atomic mass is 35.5. The van der Waals surface area contributed by atoms with E-state index in [0.717, 1.165) is 32.4 Å². The van der Waals surface area contributed by atoms with Gasteiger partial charge >= 0.3 is 6.03 Å². The summed E-state index contributed by atoms with van der Waals surface area (Å²) in [6.45, 7) is 1.49. The summed E-state index contributed by atoms with van der Waals surface area (Å²) >= 11 is 6.18.